The zero-order chi connectivity index (χ0) is 14.6. The van der Waals surface area contributed by atoms with Crippen LogP contribution in [-0.2, 0) is 16.6 Å². The van der Waals surface area contributed by atoms with Gasteiger partial charge in [0, 0.05) is 24.2 Å². The Labute approximate surface area is 127 Å². The topological polar surface area (TPSA) is 71.1 Å². The lowest BCUT2D eigenvalue weighted by Gasteiger charge is -2.10. The van der Waals surface area contributed by atoms with Gasteiger partial charge in [-0.15, -0.1) is 11.3 Å². The Morgan fingerprint density at radius 3 is 2.80 bits per heavy atom. The van der Waals surface area contributed by atoms with Gasteiger partial charge in [-0.2, -0.15) is 0 Å². The molecule has 8 heteroatoms. The molecule has 0 amide bonds. The smallest absolute Gasteiger partial charge is 0.244 e. The van der Waals surface area contributed by atoms with Crippen LogP contribution in [0.4, 0.5) is 5.82 Å². The molecule has 0 fully saturated rings. The van der Waals surface area contributed by atoms with Crippen molar-refractivity contribution < 1.29 is 8.42 Å². The highest BCUT2D eigenvalue weighted by atomic mass is 35.5. The first kappa shape index (κ1) is 15.2. The fraction of sp³-hybridized carbons (Fsp3) is 0.250. The molecule has 0 aliphatic rings. The molecule has 0 unspecified atom stereocenters. The molecule has 0 aliphatic carbocycles. The number of halogens is 1. The number of thiophene rings is 1. The first-order valence-electron chi connectivity index (χ1n) is 5.95. The quantitative estimate of drug-likeness (QED) is 0.853. The Morgan fingerprint density at radius 1 is 1.35 bits per heavy atom. The second kappa shape index (κ2) is 6.53. The Kier molecular flexibility index (Phi) is 4.98. The van der Waals surface area contributed by atoms with E-state index in [4.69, 9.17) is 11.6 Å². The van der Waals surface area contributed by atoms with Crippen LogP contribution in [-0.4, -0.2) is 19.9 Å². The third kappa shape index (κ3) is 3.69. The minimum absolute atomic E-state index is 0.143. The first-order chi connectivity index (χ1) is 9.53. The molecule has 2 aromatic heterocycles. The van der Waals surface area contributed by atoms with Gasteiger partial charge in [0.25, 0.3) is 0 Å². The van der Waals surface area contributed by atoms with Crippen LogP contribution in [0.15, 0.2) is 35.4 Å². The molecule has 2 aromatic rings. The predicted molar refractivity (Wildman–Crippen MR) is 81.8 cm³/mol. The van der Waals surface area contributed by atoms with E-state index in [0.717, 1.165) is 4.88 Å². The number of nitrogens with zero attached hydrogens (tertiary/aromatic N) is 1. The highest BCUT2D eigenvalue weighted by Gasteiger charge is 2.19. The summed E-state index contributed by atoms with van der Waals surface area (Å²) in [4.78, 5) is 5.04. The van der Waals surface area contributed by atoms with E-state index in [-0.39, 0.29) is 11.4 Å². The Morgan fingerprint density at radius 2 is 2.15 bits per heavy atom. The summed E-state index contributed by atoms with van der Waals surface area (Å²) in [5, 5.41) is 2.94. The lowest BCUT2D eigenvalue weighted by atomic mass is 10.4. The van der Waals surface area contributed by atoms with E-state index in [1.165, 1.54) is 17.4 Å². The molecule has 5 nitrogen and oxygen atoms in total. The minimum Gasteiger partial charge on any atom is -0.369 e. The lowest BCUT2D eigenvalue weighted by molar-refractivity contribution is 0.581. The number of hydrogen-bond donors (Lipinski definition) is 2. The third-order valence-electron chi connectivity index (χ3n) is 2.47. The summed E-state index contributed by atoms with van der Waals surface area (Å²) in [5.41, 5.74) is 0. The second-order valence-electron chi connectivity index (χ2n) is 3.91. The summed E-state index contributed by atoms with van der Waals surface area (Å²) in [6.07, 6.45) is 1.55. The minimum atomic E-state index is -3.61. The SMILES string of the molecule is CCNc1ncccc1S(=O)(=O)NCc1ccc(Cl)s1. The molecule has 0 saturated carbocycles. The van der Waals surface area contributed by atoms with E-state index in [9.17, 15) is 8.42 Å². The van der Waals surface area contributed by atoms with Gasteiger partial charge in [0.1, 0.15) is 10.7 Å². The van der Waals surface area contributed by atoms with Gasteiger partial charge in [-0.1, -0.05) is 11.6 Å². The molecule has 2 N–H and O–H groups in total. The normalized spacial score (nSPS) is 11.5. The molecular formula is C12H14ClN3O2S2. The third-order valence-corrected chi connectivity index (χ3v) is 5.13. The van der Waals surface area contributed by atoms with Gasteiger partial charge in [-0.25, -0.2) is 18.1 Å². The van der Waals surface area contributed by atoms with Crippen molar-refractivity contribution in [2.75, 3.05) is 11.9 Å². The van der Waals surface area contributed by atoms with Crippen molar-refractivity contribution in [3.8, 4) is 0 Å². The highest BCUT2D eigenvalue weighted by molar-refractivity contribution is 7.89. The molecule has 0 aliphatic heterocycles. The van der Waals surface area contributed by atoms with Crippen molar-refractivity contribution in [3.63, 3.8) is 0 Å². The number of nitrogens with one attached hydrogen (secondary N) is 2. The Bertz CT molecular complexity index is 686. The van der Waals surface area contributed by atoms with E-state index in [1.807, 2.05) is 6.92 Å². The molecule has 108 valence electrons. The number of hydrogen-bond acceptors (Lipinski definition) is 5. The van der Waals surface area contributed by atoms with Crippen LogP contribution in [0.1, 0.15) is 11.8 Å². The Balaban J connectivity index is 2.18. The zero-order valence-electron chi connectivity index (χ0n) is 10.8. The summed E-state index contributed by atoms with van der Waals surface area (Å²) in [5.74, 6) is 0.353. The van der Waals surface area contributed by atoms with E-state index in [1.54, 1.807) is 24.4 Å². The molecule has 0 atom stereocenters. The molecule has 20 heavy (non-hydrogen) atoms. The van der Waals surface area contributed by atoms with Crippen LogP contribution in [0.2, 0.25) is 4.34 Å². The van der Waals surface area contributed by atoms with Gasteiger partial charge in [0.2, 0.25) is 10.0 Å². The lowest BCUT2D eigenvalue weighted by Crippen LogP contribution is -2.24. The van der Waals surface area contributed by atoms with Gasteiger partial charge in [-0.05, 0) is 31.2 Å². The van der Waals surface area contributed by atoms with Gasteiger partial charge < -0.3 is 5.32 Å². The number of aromatic nitrogens is 1. The van der Waals surface area contributed by atoms with Crippen molar-refractivity contribution in [2.45, 2.75) is 18.4 Å². The van der Waals surface area contributed by atoms with Crippen LogP contribution < -0.4 is 10.0 Å². The van der Waals surface area contributed by atoms with Crippen LogP contribution in [0.5, 0.6) is 0 Å². The monoisotopic (exact) mass is 331 g/mol. The summed E-state index contributed by atoms with van der Waals surface area (Å²) >= 11 is 7.16. The van der Waals surface area contributed by atoms with Crippen LogP contribution >= 0.6 is 22.9 Å². The number of pyridine rings is 1. The molecule has 0 bridgehead atoms. The molecule has 0 saturated heterocycles. The van der Waals surface area contributed by atoms with Gasteiger partial charge >= 0.3 is 0 Å². The van der Waals surface area contributed by atoms with Crippen molar-refractivity contribution in [1.82, 2.24) is 9.71 Å². The predicted octanol–water partition coefficient (Wildman–Crippen LogP) is 2.71. The standard InChI is InChI=1S/C12H14ClN3O2S2/c1-2-14-12-10(4-3-7-15-12)20(17,18)16-8-9-5-6-11(13)19-9/h3-7,16H,2,8H2,1H3,(H,14,15). The maximum Gasteiger partial charge on any atom is 0.244 e. The van der Waals surface area contributed by atoms with Gasteiger partial charge in [0.15, 0.2) is 0 Å². The number of anilines is 1. The van der Waals surface area contributed by atoms with Crippen molar-refractivity contribution in [1.29, 1.82) is 0 Å². The zero-order valence-corrected chi connectivity index (χ0v) is 13.1. The summed E-state index contributed by atoms with van der Waals surface area (Å²) in [6, 6.07) is 6.65. The van der Waals surface area contributed by atoms with E-state index < -0.39 is 10.0 Å². The van der Waals surface area contributed by atoms with Crippen molar-refractivity contribution in [2.24, 2.45) is 0 Å². The fourth-order valence-corrected chi connectivity index (χ4v) is 3.86. The molecule has 0 aromatic carbocycles. The maximum atomic E-state index is 12.3. The van der Waals surface area contributed by atoms with Crippen LogP contribution in [0, 0.1) is 0 Å². The molecule has 2 heterocycles. The molecule has 2 rings (SSSR count). The highest BCUT2D eigenvalue weighted by Crippen LogP contribution is 2.22. The Hall–Kier alpha value is -1.15. The van der Waals surface area contributed by atoms with Gasteiger partial charge in [-0.3, -0.25) is 0 Å². The molecule has 0 radical (unpaired) electrons. The van der Waals surface area contributed by atoms with Gasteiger partial charge in [0.05, 0.1) is 4.34 Å². The number of sulfonamides is 1. The molecule has 0 spiro atoms. The molecular weight excluding hydrogens is 318 g/mol. The summed E-state index contributed by atoms with van der Waals surface area (Å²) < 4.78 is 27.8. The summed E-state index contributed by atoms with van der Waals surface area (Å²) in [7, 11) is -3.61. The average Bonchev–Trinajstić information content (AvgIpc) is 2.83. The fourth-order valence-electron chi connectivity index (χ4n) is 1.60. The summed E-state index contributed by atoms with van der Waals surface area (Å²) in [6.45, 7) is 2.69. The first-order valence-corrected chi connectivity index (χ1v) is 8.63. The van der Waals surface area contributed by atoms with E-state index in [0.29, 0.717) is 16.7 Å². The second-order valence-corrected chi connectivity index (χ2v) is 7.45. The average molecular weight is 332 g/mol. The van der Waals surface area contributed by atoms with Crippen molar-refractivity contribution in [3.05, 3.63) is 39.7 Å². The number of rotatable bonds is 6. The maximum absolute atomic E-state index is 12.3. The van der Waals surface area contributed by atoms with E-state index in [2.05, 4.69) is 15.0 Å². The van der Waals surface area contributed by atoms with Crippen molar-refractivity contribution >= 4 is 38.8 Å². The van der Waals surface area contributed by atoms with E-state index >= 15 is 0 Å². The van der Waals surface area contributed by atoms with Crippen LogP contribution in [0.3, 0.4) is 0 Å². The largest absolute Gasteiger partial charge is 0.369 e. The van der Waals surface area contributed by atoms with Crippen LogP contribution in [0.25, 0.3) is 0 Å².